The van der Waals surface area contributed by atoms with Crippen molar-refractivity contribution in [3.8, 4) is 0 Å². The van der Waals surface area contributed by atoms with E-state index in [4.69, 9.17) is 20.9 Å². The van der Waals surface area contributed by atoms with E-state index in [2.05, 4.69) is 10.5 Å². The molecule has 1 aliphatic rings. The van der Waals surface area contributed by atoms with Crippen molar-refractivity contribution in [1.82, 2.24) is 10.5 Å². The van der Waals surface area contributed by atoms with Crippen LogP contribution in [0, 0.1) is 5.82 Å². The number of hydrogen-bond acceptors (Lipinski definition) is 4. The number of benzene rings is 1. The van der Waals surface area contributed by atoms with Crippen LogP contribution in [0.1, 0.15) is 23.8 Å². The van der Waals surface area contributed by atoms with Crippen LogP contribution in [-0.2, 0) is 11.3 Å². The molecule has 2 aromatic rings. The van der Waals surface area contributed by atoms with Crippen LogP contribution in [0.2, 0.25) is 5.02 Å². The van der Waals surface area contributed by atoms with Crippen molar-refractivity contribution >= 4 is 11.6 Å². The molecule has 1 aromatic carbocycles. The fourth-order valence-corrected chi connectivity index (χ4v) is 2.50. The average molecular weight is 297 g/mol. The van der Waals surface area contributed by atoms with Crippen LogP contribution >= 0.6 is 11.6 Å². The highest BCUT2D eigenvalue weighted by Gasteiger charge is 2.29. The van der Waals surface area contributed by atoms with E-state index in [1.54, 1.807) is 18.2 Å². The van der Waals surface area contributed by atoms with E-state index in [0.29, 0.717) is 13.2 Å². The third kappa shape index (κ3) is 2.85. The van der Waals surface area contributed by atoms with Crippen LogP contribution in [0.15, 0.2) is 35.1 Å². The first-order chi connectivity index (χ1) is 9.74. The van der Waals surface area contributed by atoms with E-state index in [9.17, 15) is 4.39 Å². The molecule has 1 aromatic heterocycles. The third-order valence-electron chi connectivity index (χ3n) is 3.40. The summed E-state index contributed by atoms with van der Waals surface area (Å²) in [6.07, 6.45) is 2.23. The maximum absolute atomic E-state index is 13.5. The van der Waals surface area contributed by atoms with E-state index in [1.807, 2.05) is 0 Å². The second-order valence-corrected chi connectivity index (χ2v) is 5.14. The van der Waals surface area contributed by atoms with Crippen LogP contribution in [0.3, 0.4) is 0 Å². The van der Waals surface area contributed by atoms with Gasteiger partial charge in [-0.25, -0.2) is 4.39 Å². The third-order valence-corrected chi connectivity index (χ3v) is 3.71. The van der Waals surface area contributed by atoms with Crippen LogP contribution in [0.4, 0.5) is 4.39 Å². The molecule has 6 heteroatoms. The second-order valence-electron chi connectivity index (χ2n) is 4.73. The van der Waals surface area contributed by atoms with E-state index in [1.165, 1.54) is 12.3 Å². The molecule has 0 bridgehead atoms. The summed E-state index contributed by atoms with van der Waals surface area (Å²) in [4.78, 5) is 0. The van der Waals surface area contributed by atoms with Gasteiger partial charge in [-0.15, -0.1) is 0 Å². The van der Waals surface area contributed by atoms with Crippen LogP contribution in [0.25, 0.3) is 0 Å². The Morgan fingerprint density at radius 2 is 2.30 bits per heavy atom. The number of rotatable bonds is 4. The summed E-state index contributed by atoms with van der Waals surface area (Å²) in [5, 5.41) is 7.33. The first kappa shape index (κ1) is 13.5. The Labute approximate surface area is 120 Å². The van der Waals surface area contributed by atoms with E-state index in [-0.39, 0.29) is 17.2 Å². The Balaban J connectivity index is 1.69. The molecule has 0 aliphatic carbocycles. The predicted octanol–water partition coefficient (Wildman–Crippen LogP) is 3.09. The number of nitrogens with zero attached hydrogens (tertiary/aromatic N) is 1. The highest BCUT2D eigenvalue weighted by Crippen LogP contribution is 2.31. The Morgan fingerprint density at radius 1 is 1.40 bits per heavy atom. The van der Waals surface area contributed by atoms with Crippen molar-refractivity contribution in [3.05, 3.63) is 52.6 Å². The van der Waals surface area contributed by atoms with Crippen molar-refractivity contribution < 1.29 is 13.7 Å². The molecule has 0 saturated carbocycles. The highest BCUT2D eigenvalue weighted by molar-refractivity contribution is 6.30. The van der Waals surface area contributed by atoms with Gasteiger partial charge in [-0.1, -0.05) is 22.8 Å². The molecule has 106 valence electrons. The highest BCUT2D eigenvalue weighted by atomic mass is 35.5. The number of ether oxygens (including phenoxy) is 1. The molecule has 1 fully saturated rings. The zero-order chi connectivity index (χ0) is 13.9. The molecule has 0 amide bonds. The number of halogens is 2. The second kappa shape index (κ2) is 5.91. The lowest BCUT2D eigenvalue weighted by Crippen LogP contribution is -2.31. The lowest BCUT2D eigenvalue weighted by molar-refractivity contribution is 0.0981. The summed E-state index contributed by atoms with van der Waals surface area (Å²) in [5.41, 5.74) is 1.62. The zero-order valence-corrected chi connectivity index (χ0v) is 11.4. The van der Waals surface area contributed by atoms with Gasteiger partial charge in [0.25, 0.3) is 0 Å². The number of hydrogen-bond donors (Lipinski definition) is 1. The van der Waals surface area contributed by atoms with Gasteiger partial charge in [-0.2, -0.15) is 0 Å². The molecule has 2 heterocycles. The molecule has 2 unspecified atom stereocenters. The van der Waals surface area contributed by atoms with Gasteiger partial charge in [0.2, 0.25) is 0 Å². The molecule has 1 N–H and O–H groups in total. The van der Waals surface area contributed by atoms with E-state index < -0.39 is 5.82 Å². The van der Waals surface area contributed by atoms with Gasteiger partial charge in [-0.3, -0.25) is 0 Å². The predicted molar refractivity (Wildman–Crippen MR) is 71.9 cm³/mol. The summed E-state index contributed by atoms with van der Waals surface area (Å²) in [6.45, 7) is 1.24. The van der Waals surface area contributed by atoms with Gasteiger partial charge < -0.3 is 14.6 Å². The summed E-state index contributed by atoms with van der Waals surface area (Å²) >= 11 is 5.70. The molecule has 1 aliphatic heterocycles. The average Bonchev–Trinajstić information content (AvgIpc) is 3.10. The van der Waals surface area contributed by atoms with Crippen molar-refractivity contribution in [2.45, 2.75) is 25.1 Å². The molecule has 0 spiro atoms. The fraction of sp³-hybridized carbons (Fsp3) is 0.357. The summed E-state index contributed by atoms with van der Waals surface area (Å²) in [6, 6.07) is 6.71. The van der Waals surface area contributed by atoms with Gasteiger partial charge >= 0.3 is 0 Å². The molecule has 20 heavy (non-hydrogen) atoms. The molecule has 2 atom stereocenters. The Bertz CT molecular complexity index is 577. The Morgan fingerprint density at radius 3 is 3.05 bits per heavy atom. The Kier molecular flexibility index (Phi) is 4.00. The number of aromatic nitrogens is 1. The smallest absolute Gasteiger partial charge is 0.142 e. The topological polar surface area (TPSA) is 47.3 Å². The minimum absolute atomic E-state index is 0.118. The molecular weight excluding hydrogens is 283 g/mol. The van der Waals surface area contributed by atoms with Crippen molar-refractivity contribution in [2.24, 2.45) is 0 Å². The largest absolute Gasteiger partial charge is 0.372 e. The minimum atomic E-state index is -0.421. The zero-order valence-electron chi connectivity index (χ0n) is 10.7. The van der Waals surface area contributed by atoms with Gasteiger partial charge in [0.1, 0.15) is 12.1 Å². The molecule has 4 nitrogen and oxygen atoms in total. The van der Waals surface area contributed by atoms with Crippen molar-refractivity contribution in [1.29, 1.82) is 0 Å². The van der Waals surface area contributed by atoms with Gasteiger partial charge in [-0.05, 0) is 24.1 Å². The van der Waals surface area contributed by atoms with E-state index >= 15 is 0 Å². The summed E-state index contributed by atoms with van der Waals surface area (Å²) in [5.74, 6) is -0.421. The van der Waals surface area contributed by atoms with Gasteiger partial charge in [0.05, 0.1) is 16.8 Å². The normalized spacial score (nSPS) is 22.3. The summed E-state index contributed by atoms with van der Waals surface area (Å²) in [7, 11) is 0. The van der Waals surface area contributed by atoms with Crippen LogP contribution in [-0.4, -0.2) is 17.8 Å². The SMILES string of the molecule is Fc1cc(C2OCCC2NCc2ccon2)ccc1Cl. The Hall–Kier alpha value is -1.43. The maximum Gasteiger partial charge on any atom is 0.142 e. The van der Waals surface area contributed by atoms with Gasteiger partial charge in [0.15, 0.2) is 0 Å². The first-order valence-corrected chi connectivity index (χ1v) is 6.81. The lowest BCUT2D eigenvalue weighted by Gasteiger charge is -2.20. The molecule has 0 radical (unpaired) electrons. The van der Waals surface area contributed by atoms with Crippen molar-refractivity contribution in [3.63, 3.8) is 0 Å². The van der Waals surface area contributed by atoms with Crippen LogP contribution in [0.5, 0.6) is 0 Å². The van der Waals surface area contributed by atoms with E-state index in [0.717, 1.165) is 17.7 Å². The van der Waals surface area contributed by atoms with Crippen LogP contribution < -0.4 is 5.32 Å². The monoisotopic (exact) mass is 296 g/mol. The minimum Gasteiger partial charge on any atom is -0.372 e. The lowest BCUT2D eigenvalue weighted by atomic mass is 10.0. The van der Waals surface area contributed by atoms with Crippen molar-refractivity contribution in [2.75, 3.05) is 6.61 Å². The molecular formula is C14H14ClFN2O2. The van der Waals surface area contributed by atoms with Gasteiger partial charge in [0, 0.05) is 25.3 Å². The quantitative estimate of drug-likeness (QED) is 0.942. The molecule has 3 rings (SSSR count). The summed E-state index contributed by atoms with van der Waals surface area (Å²) < 4.78 is 24.0. The maximum atomic E-state index is 13.5. The number of nitrogens with one attached hydrogen (secondary N) is 1. The standard InChI is InChI=1S/C14H14ClFN2O2/c15-11-2-1-9(7-12(11)16)14-13(4-5-19-14)17-8-10-3-6-20-18-10/h1-3,6-7,13-14,17H,4-5,8H2. The fourth-order valence-electron chi connectivity index (χ4n) is 2.38. The molecule has 1 saturated heterocycles. The first-order valence-electron chi connectivity index (χ1n) is 6.43.